The Morgan fingerprint density at radius 3 is 2.58 bits per heavy atom. The minimum atomic E-state index is -0.154. The molecule has 2 aromatic carbocycles. The van der Waals surface area contributed by atoms with E-state index in [1.165, 1.54) is 11.8 Å². The first-order valence-corrected chi connectivity index (χ1v) is 13.3. The number of hydrogen-bond acceptors (Lipinski definition) is 5. The van der Waals surface area contributed by atoms with Gasteiger partial charge in [0.1, 0.15) is 11.6 Å². The van der Waals surface area contributed by atoms with Crippen LogP contribution >= 0.6 is 0 Å². The first-order valence-electron chi connectivity index (χ1n) is 13.3. The highest BCUT2D eigenvalue weighted by Gasteiger charge is 2.23. The van der Waals surface area contributed by atoms with Crippen LogP contribution in [0.3, 0.4) is 0 Å². The molecule has 5 rings (SSSR count). The van der Waals surface area contributed by atoms with E-state index in [9.17, 15) is 9.59 Å². The number of carbonyl (C=O) groups is 2. The molecular weight excluding hydrogens is 478 g/mol. The molecule has 4 aromatic rings. The lowest BCUT2D eigenvalue weighted by Crippen LogP contribution is -2.40. The average Bonchev–Trinajstić information content (AvgIpc) is 3.57. The SMILES string of the molecule is CC(=O)N(C)c1ccccc1C(=O)NCCN1CCC(Cc2nc3ccccc3n2Cc2ccco2)CC1. The van der Waals surface area contributed by atoms with Crippen LogP contribution in [-0.4, -0.2) is 59.5 Å². The number of hydrogen-bond donors (Lipinski definition) is 1. The third-order valence-corrected chi connectivity index (χ3v) is 7.50. The van der Waals surface area contributed by atoms with Gasteiger partial charge in [-0.2, -0.15) is 0 Å². The summed E-state index contributed by atoms with van der Waals surface area (Å²) in [5.74, 6) is 2.36. The number of fused-ring (bicyclic) bond motifs is 1. The summed E-state index contributed by atoms with van der Waals surface area (Å²) < 4.78 is 7.91. The van der Waals surface area contributed by atoms with Gasteiger partial charge in [-0.1, -0.05) is 24.3 Å². The maximum absolute atomic E-state index is 12.8. The molecule has 0 spiro atoms. The number of benzene rings is 2. The number of carbonyl (C=O) groups excluding carboxylic acids is 2. The minimum Gasteiger partial charge on any atom is -0.467 e. The second-order valence-electron chi connectivity index (χ2n) is 10.0. The molecule has 1 aliphatic heterocycles. The van der Waals surface area contributed by atoms with Crippen LogP contribution in [-0.2, 0) is 17.8 Å². The van der Waals surface area contributed by atoms with Gasteiger partial charge in [-0.3, -0.25) is 9.59 Å². The van der Waals surface area contributed by atoms with Gasteiger partial charge >= 0.3 is 0 Å². The highest BCUT2D eigenvalue weighted by molar-refractivity contribution is 6.04. The number of amides is 2. The number of nitrogens with one attached hydrogen (secondary N) is 1. The number of nitrogens with zero attached hydrogens (tertiary/aromatic N) is 4. The molecular formula is C30H35N5O3. The highest BCUT2D eigenvalue weighted by Crippen LogP contribution is 2.25. The van der Waals surface area contributed by atoms with Gasteiger partial charge in [0.2, 0.25) is 5.91 Å². The summed E-state index contributed by atoms with van der Waals surface area (Å²) in [7, 11) is 1.69. The average molecular weight is 514 g/mol. The third-order valence-electron chi connectivity index (χ3n) is 7.50. The van der Waals surface area contributed by atoms with Gasteiger partial charge in [-0.15, -0.1) is 0 Å². The number of aromatic nitrogens is 2. The second kappa shape index (κ2) is 11.6. The molecule has 1 aliphatic rings. The summed E-state index contributed by atoms with van der Waals surface area (Å²) in [5.41, 5.74) is 3.30. The number of furan rings is 1. The molecule has 1 N–H and O–H groups in total. The maximum Gasteiger partial charge on any atom is 0.253 e. The zero-order valence-electron chi connectivity index (χ0n) is 22.1. The molecule has 38 heavy (non-hydrogen) atoms. The molecule has 0 unspecified atom stereocenters. The van der Waals surface area contributed by atoms with E-state index >= 15 is 0 Å². The standard InChI is InChI=1S/C30H35N5O3/c1-22(36)33(2)27-11-5-3-9-25(27)30(37)31-15-18-34-16-13-23(14-17-34)20-29-32-26-10-4-6-12-28(26)35(29)21-24-8-7-19-38-24/h3-12,19,23H,13-18,20-21H2,1-2H3,(H,31,37). The topological polar surface area (TPSA) is 83.6 Å². The van der Waals surface area contributed by atoms with E-state index in [0.717, 1.165) is 61.5 Å². The van der Waals surface area contributed by atoms with E-state index in [1.807, 2.05) is 30.3 Å². The van der Waals surface area contributed by atoms with Crippen LogP contribution in [0.5, 0.6) is 0 Å². The van der Waals surface area contributed by atoms with Gasteiger partial charge in [0.05, 0.1) is 35.1 Å². The Balaban J connectivity index is 1.14. The molecule has 1 saturated heterocycles. The Hall–Kier alpha value is -3.91. The Morgan fingerprint density at radius 2 is 1.82 bits per heavy atom. The van der Waals surface area contributed by atoms with Crippen LogP contribution in [0.25, 0.3) is 11.0 Å². The first-order chi connectivity index (χ1) is 18.5. The summed E-state index contributed by atoms with van der Waals surface area (Å²) in [6.45, 7) is 5.56. The van der Waals surface area contributed by atoms with Gasteiger partial charge in [0, 0.05) is 33.5 Å². The van der Waals surface area contributed by atoms with Crippen LogP contribution in [0.1, 0.15) is 41.7 Å². The van der Waals surface area contributed by atoms with Gasteiger partial charge in [0.25, 0.3) is 5.91 Å². The van der Waals surface area contributed by atoms with Crippen molar-refractivity contribution < 1.29 is 14.0 Å². The van der Waals surface area contributed by atoms with Crippen molar-refractivity contribution >= 4 is 28.5 Å². The molecule has 8 nitrogen and oxygen atoms in total. The molecule has 0 saturated carbocycles. The lowest BCUT2D eigenvalue weighted by molar-refractivity contribution is -0.116. The molecule has 0 atom stereocenters. The monoisotopic (exact) mass is 513 g/mol. The highest BCUT2D eigenvalue weighted by atomic mass is 16.3. The smallest absolute Gasteiger partial charge is 0.253 e. The van der Waals surface area contributed by atoms with Crippen molar-refractivity contribution in [1.29, 1.82) is 0 Å². The molecule has 3 heterocycles. The normalized spacial score (nSPS) is 14.6. The van der Waals surface area contributed by atoms with Gasteiger partial charge in [-0.25, -0.2) is 4.98 Å². The maximum atomic E-state index is 12.8. The molecule has 2 amide bonds. The zero-order chi connectivity index (χ0) is 26.5. The molecule has 8 heteroatoms. The van der Waals surface area contributed by atoms with Crippen molar-refractivity contribution in [2.24, 2.45) is 5.92 Å². The molecule has 0 aliphatic carbocycles. The summed E-state index contributed by atoms with van der Waals surface area (Å²) in [4.78, 5) is 33.5. The fourth-order valence-electron chi connectivity index (χ4n) is 5.24. The van der Waals surface area contributed by atoms with Crippen LogP contribution in [0.2, 0.25) is 0 Å². The Bertz CT molecular complexity index is 1390. The number of rotatable bonds is 9. The quantitative estimate of drug-likeness (QED) is 0.360. The number of anilines is 1. The molecule has 0 bridgehead atoms. The fraction of sp³-hybridized carbons (Fsp3) is 0.367. The largest absolute Gasteiger partial charge is 0.467 e. The second-order valence-corrected chi connectivity index (χ2v) is 10.0. The van der Waals surface area contributed by atoms with Gasteiger partial charge in [-0.05, 0) is 68.2 Å². The van der Waals surface area contributed by atoms with Crippen molar-refractivity contribution in [1.82, 2.24) is 19.8 Å². The first kappa shape index (κ1) is 25.7. The van der Waals surface area contributed by atoms with Crippen LogP contribution in [0.4, 0.5) is 5.69 Å². The van der Waals surface area contributed by atoms with Crippen LogP contribution in [0.15, 0.2) is 71.3 Å². The molecule has 2 aromatic heterocycles. The molecule has 198 valence electrons. The lowest BCUT2D eigenvalue weighted by atomic mass is 9.93. The Morgan fingerprint density at radius 1 is 1.05 bits per heavy atom. The van der Waals surface area contributed by atoms with E-state index in [4.69, 9.17) is 9.40 Å². The van der Waals surface area contributed by atoms with Crippen molar-refractivity contribution in [3.8, 4) is 0 Å². The summed E-state index contributed by atoms with van der Waals surface area (Å²) in [5, 5.41) is 3.03. The Kier molecular flexibility index (Phi) is 7.89. The summed E-state index contributed by atoms with van der Waals surface area (Å²) >= 11 is 0. The summed E-state index contributed by atoms with van der Waals surface area (Å²) in [6, 6.07) is 19.4. The number of imidazole rings is 1. The van der Waals surface area contributed by atoms with Crippen LogP contribution < -0.4 is 10.2 Å². The van der Waals surface area contributed by atoms with Gasteiger partial charge < -0.3 is 24.1 Å². The number of likely N-dealkylation sites (tertiary alicyclic amines) is 1. The van der Waals surface area contributed by atoms with E-state index in [0.29, 0.717) is 30.3 Å². The van der Waals surface area contributed by atoms with Crippen molar-refractivity contribution in [3.05, 3.63) is 84.1 Å². The molecule has 1 fully saturated rings. The number of para-hydroxylation sites is 3. The predicted octanol–water partition coefficient (Wildman–Crippen LogP) is 4.34. The number of piperidine rings is 1. The minimum absolute atomic E-state index is 0.107. The van der Waals surface area contributed by atoms with Crippen molar-refractivity contribution in [2.75, 3.05) is 38.1 Å². The summed E-state index contributed by atoms with van der Waals surface area (Å²) in [6.07, 6.45) is 4.87. The lowest BCUT2D eigenvalue weighted by Gasteiger charge is -2.32. The zero-order valence-corrected chi connectivity index (χ0v) is 22.1. The van der Waals surface area contributed by atoms with Crippen molar-refractivity contribution in [2.45, 2.75) is 32.7 Å². The third kappa shape index (κ3) is 5.81. The molecule has 0 radical (unpaired) electrons. The van der Waals surface area contributed by atoms with Crippen LogP contribution in [0, 0.1) is 5.92 Å². The fourth-order valence-corrected chi connectivity index (χ4v) is 5.24. The van der Waals surface area contributed by atoms with E-state index in [1.54, 1.807) is 25.4 Å². The van der Waals surface area contributed by atoms with Gasteiger partial charge in [0.15, 0.2) is 0 Å². The van der Waals surface area contributed by atoms with E-state index < -0.39 is 0 Å². The van der Waals surface area contributed by atoms with E-state index in [2.05, 4.69) is 33.0 Å². The van der Waals surface area contributed by atoms with E-state index in [-0.39, 0.29) is 11.8 Å². The Labute approximate surface area is 223 Å². The van der Waals surface area contributed by atoms with Crippen molar-refractivity contribution in [3.63, 3.8) is 0 Å². The predicted molar refractivity (Wildman–Crippen MR) is 148 cm³/mol.